The van der Waals surface area contributed by atoms with E-state index in [-0.39, 0.29) is 6.04 Å². The molecule has 0 radical (unpaired) electrons. The Morgan fingerprint density at radius 2 is 2.25 bits per heavy atom. The van der Waals surface area contributed by atoms with E-state index in [1.807, 2.05) is 0 Å². The van der Waals surface area contributed by atoms with Gasteiger partial charge in [0.2, 0.25) is 0 Å². The highest BCUT2D eigenvalue weighted by molar-refractivity contribution is 5.43. The lowest BCUT2D eigenvalue weighted by Gasteiger charge is -2.27. The van der Waals surface area contributed by atoms with Crippen molar-refractivity contribution in [1.29, 1.82) is 5.26 Å². The molecule has 2 heterocycles. The fourth-order valence-electron chi connectivity index (χ4n) is 2.58. The Kier molecular flexibility index (Phi) is 3.62. The van der Waals surface area contributed by atoms with E-state index in [0.717, 1.165) is 25.3 Å². The first-order valence-corrected chi connectivity index (χ1v) is 6.78. The van der Waals surface area contributed by atoms with E-state index in [9.17, 15) is 0 Å². The van der Waals surface area contributed by atoms with Crippen molar-refractivity contribution >= 4 is 5.82 Å². The Balaban J connectivity index is 1.72. The van der Waals surface area contributed by atoms with Crippen LogP contribution < -0.4 is 10.6 Å². The van der Waals surface area contributed by atoms with Gasteiger partial charge in [0.25, 0.3) is 0 Å². The molecule has 0 saturated heterocycles. The van der Waals surface area contributed by atoms with E-state index in [4.69, 9.17) is 5.26 Å². The van der Waals surface area contributed by atoms with Gasteiger partial charge in [-0.25, -0.2) is 4.98 Å². The fraction of sp³-hybridized carbons (Fsp3) is 0.250. The van der Waals surface area contributed by atoms with Crippen molar-refractivity contribution in [2.75, 3.05) is 18.4 Å². The number of rotatable bonds is 3. The highest BCUT2D eigenvalue weighted by Crippen LogP contribution is 2.22. The summed E-state index contributed by atoms with van der Waals surface area (Å²) in [7, 11) is 0. The molecule has 2 N–H and O–H groups in total. The Morgan fingerprint density at radius 1 is 1.35 bits per heavy atom. The minimum absolute atomic E-state index is 0.285. The van der Waals surface area contributed by atoms with E-state index in [2.05, 4.69) is 46.0 Å². The first kappa shape index (κ1) is 12.6. The lowest BCUT2D eigenvalue weighted by molar-refractivity contribution is 0.523. The van der Waals surface area contributed by atoms with Gasteiger partial charge < -0.3 is 10.6 Å². The smallest absolute Gasteiger partial charge is 0.127 e. The van der Waals surface area contributed by atoms with Crippen LogP contribution in [0.5, 0.6) is 0 Å². The molecule has 1 aliphatic rings. The molecule has 0 aliphatic carbocycles. The molecular weight excluding hydrogens is 248 g/mol. The minimum Gasteiger partial charge on any atom is -0.368 e. The van der Waals surface area contributed by atoms with E-state index in [1.54, 1.807) is 18.3 Å². The number of anilines is 1. The molecule has 0 amide bonds. The molecule has 1 aromatic carbocycles. The molecule has 4 nitrogen and oxygen atoms in total. The van der Waals surface area contributed by atoms with E-state index < -0.39 is 0 Å². The van der Waals surface area contributed by atoms with Gasteiger partial charge in [0.15, 0.2) is 0 Å². The zero-order valence-corrected chi connectivity index (χ0v) is 11.1. The molecule has 0 bridgehead atoms. The number of pyridine rings is 1. The van der Waals surface area contributed by atoms with Gasteiger partial charge in [-0.15, -0.1) is 0 Å². The van der Waals surface area contributed by atoms with Gasteiger partial charge >= 0.3 is 0 Å². The van der Waals surface area contributed by atoms with Crippen LogP contribution in [-0.4, -0.2) is 18.1 Å². The average Bonchev–Trinajstić information content (AvgIpc) is 2.53. The van der Waals surface area contributed by atoms with Crippen molar-refractivity contribution in [1.82, 2.24) is 10.3 Å². The maximum atomic E-state index is 8.89. The van der Waals surface area contributed by atoms with Crippen LogP contribution in [0.2, 0.25) is 0 Å². The third-order valence-corrected chi connectivity index (χ3v) is 3.59. The molecule has 100 valence electrons. The van der Waals surface area contributed by atoms with Gasteiger partial charge in [0.05, 0.1) is 11.6 Å². The zero-order valence-electron chi connectivity index (χ0n) is 11.1. The summed E-state index contributed by atoms with van der Waals surface area (Å²) in [6, 6.07) is 14.4. The molecule has 20 heavy (non-hydrogen) atoms. The van der Waals surface area contributed by atoms with Crippen LogP contribution in [0, 0.1) is 11.3 Å². The number of aromatic nitrogens is 1. The van der Waals surface area contributed by atoms with Gasteiger partial charge in [-0.3, -0.25) is 0 Å². The first-order chi connectivity index (χ1) is 9.86. The van der Waals surface area contributed by atoms with Crippen LogP contribution in [0.25, 0.3) is 0 Å². The second-order valence-electron chi connectivity index (χ2n) is 4.88. The number of nitriles is 1. The average molecular weight is 264 g/mol. The third kappa shape index (κ3) is 2.63. The second kappa shape index (κ2) is 5.72. The summed E-state index contributed by atoms with van der Waals surface area (Å²) < 4.78 is 0. The summed E-state index contributed by atoms with van der Waals surface area (Å²) in [4.78, 5) is 4.24. The Bertz CT molecular complexity index is 645. The molecule has 0 spiro atoms. The largest absolute Gasteiger partial charge is 0.368 e. The van der Waals surface area contributed by atoms with Crippen molar-refractivity contribution in [3.63, 3.8) is 0 Å². The van der Waals surface area contributed by atoms with E-state index in [0.29, 0.717) is 5.56 Å². The summed E-state index contributed by atoms with van der Waals surface area (Å²) in [5.41, 5.74) is 3.39. The SMILES string of the molecule is N#Cc1ccnc(NCC2NCCc3ccccc32)c1. The number of hydrogen-bond donors (Lipinski definition) is 2. The molecule has 1 unspecified atom stereocenters. The molecular formula is C16H16N4. The lowest BCUT2D eigenvalue weighted by atomic mass is 9.94. The maximum Gasteiger partial charge on any atom is 0.127 e. The molecule has 2 aromatic rings. The highest BCUT2D eigenvalue weighted by atomic mass is 15.0. The normalized spacial score (nSPS) is 17.1. The van der Waals surface area contributed by atoms with Crippen molar-refractivity contribution in [2.45, 2.75) is 12.5 Å². The van der Waals surface area contributed by atoms with Gasteiger partial charge in [0, 0.05) is 18.8 Å². The number of hydrogen-bond acceptors (Lipinski definition) is 4. The predicted octanol–water partition coefficient (Wildman–Crippen LogP) is 2.25. The molecule has 0 fully saturated rings. The molecule has 3 rings (SSSR count). The number of benzene rings is 1. The molecule has 1 atom stereocenters. The monoisotopic (exact) mass is 264 g/mol. The quantitative estimate of drug-likeness (QED) is 0.892. The second-order valence-corrected chi connectivity index (χ2v) is 4.88. The molecule has 1 aliphatic heterocycles. The Labute approximate surface area is 118 Å². The van der Waals surface area contributed by atoms with Crippen LogP contribution in [-0.2, 0) is 6.42 Å². The summed E-state index contributed by atoms with van der Waals surface area (Å²) in [5.74, 6) is 0.744. The number of nitrogens with zero attached hydrogens (tertiary/aromatic N) is 2. The maximum absolute atomic E-state index is 8.89. The van der Waals surface area contributed by atoms with Crippen LogP contribution in [0.4, 0.5) is 5.82 Å². The Hall–Kier alpha value is -2.38. The number of nitrogens with one attached hydrogen (secondary N) is 2. The van der Waals surface area contributed by atoms with Crippen LogP contribution >= 0.6 is 0 Å². The van der Waals surface area contributed by atoms with Crippen molar-refractivity contribution in [2.24, 2.45) is 0 Å². The minimum atomic E-state index is 0.285. The Morgan fingerprint density at radius 3 is 3.15 bits per heavy atom. The summed E-state index contributed by atoms with van der Waals surface area (Å²) >= 11 is 0. The van der Waals surface area contributed by atoms with Crippen LogP contribution in [0.1, 0.15) is 22.7 Å². The standard InChI is InChI=1S/C16H16N4/c17-10-12-5-7-19-16(9-12)20-11-15-14-4-2-1-3-13(14)6-8-18-15/h1-5,7,9,15,18H,6,8,11H2,(H,19,20). The van der Waals surface area contributed by atoms with Crippen LogP contribution in [0.3, 0.4) is 0 Å². The summed E-state index contributed by atoms with van der Waals surface area (Å²) in [6.07, 6.45) is 2.73. The zero-order chi connectivity index (χ0) is 13.8. The number of fused-ring (bicyclic) bond motifs is 1. The van der Waals surface area contributed by atoms with Crippen molar-refractivity contribution in [3.8, 4) is 6.07 Å². The van der Waals surface area contributed by atoms with E-state index >= 15 is 0 Å². The highest BCUT2D eigenvalue weighted by Gasteiger charge is 2.18. The first-order valence-electron chi connectivity index (χ1n) is 6.78. The van der Waals surface area contributed by atoms with E-state index in [1.165, 1.54) is 11.1 Å². The molecule has 4 heteroatoms. The third-order valence-electron chi connectivity index (χ3n) is 3.59. The van der Waals surface area contributed by atoms with Crippen molar-refractivity contribution in [3.05, 3.63) is 59.3 Å². The van der Waals surface area contributed by atoms with Crippen LogP contribution in [0.15, 0.2) is 42.6 Å². The van der Waals surface area contributed by atoms with Gasteiger partial charge in [-0.05, 0) is 36.2 Å². The molecule has 1 aromatic heterocycles. The fourth-order valence-corrected chi connectivity index (χ4v) is 2.58. The van der Waals surface area contributed by atoms with Crippen molar-refractivity contribution < 1.29 is 0 Å². The summed E-state index contributed by atoms with van der Waals surface area (Å²) in [6.45, 7) is 1.76. The van der Waals surface area contributed by atoms with Gasteiger partial charge in [-0.1, -0.05) is 24.3 Å². The lowest BCUT2D eigenvalue weighted by Crippen LogP contribution is -2.34. The van der Waals surface area contributed by atoms with Gasteiger partial charge in [-0.2, -0.15) is 5.26 Å². The predicted molar refractivity (Wildman–Crippen MR) is 78.3 cm³/mol. The molecule has 0 saturated carbocycles. The topological polar surface area (TPSA) is 60.7 Å². The summed E-state index contributed by atoms with van der Waals surface area (Å²) in [5, 5.41) is 15.7. The van der Waals surface area contributed by atoms with Gasteiger partial charge in [0.1, 0.15) is 5.82 Å².